The molecule has 4 nitrogen and oxygen atoms in total. The highest BCUT2D eigenvalue weighted by molar-refractivity contribution is 5.79. The first kappa shape index (κ1) is 20.2. The smallest absolute Gasteiger partial charge is 0.410 e. The Labute approximate surface area is 192 Å². The van der Waals surface area contributed by atoms with Crippen LogP contribution in [0.15, 0.2) is 72.9 Å². The number of ether oxygens (including phenoxy) is 1. The maximum Gasteiger partial charge on any atom is 0.410 e. The number of carbonyl (C=O) groups excluding carboxylic acids is 1. The van der Waals surface area contributed by atoms with Crippen LogP contribution < -0.4 is 0 Å². The van der Waals surface area contributed by atoms with Crippen LogP contribution in [0.3, 0.4) is 0 Å². The van der Waals surface area contributed by atoms with E-state index in [1.54, 1.807) is 6.07 Å². The van der Waals surface area contributed by atoms with E-state index >= 15 is 0 Å². The Balaban J connectivity index is 1.22. The molecule has 0 saturated carbocycles. The highest BCUT2D eigenvalue weighted by Gasteiger charge is 2.39. The van der Waals surface area contributed by atoms with E-state index in [4.69, 9.17) is 4.74 Å². The summed E-state index contributed by atoms with van der Waals surface area (Å²) >= 11 is 0. The molecule has 5 heteroatoms. The minimum absolute atomic E-state index is 0.00463. The Morgan fingerprint density at radius 3 is 2.39 bits per heavy atom. The fraction of sp³-hybridized carbons (Fsp3) is 0.286. The standard InChI is InChI=1S/C28H25FN2O2/c29-19-12-13-27(30-16-19)18-14-20-6-5-7-21(15-18)31(20)28(32)33-17-26-24-10-3-1-8-22(24)23-9-2-4-11-25(23)26/h1-4,8-14,16,20-21,26H,5-7,15,17H2. The van der Waals surface area contributed by atoms with Crippen LogP contribution in [-0.2, 0) is 4.74 Å². The van der Waals surface area contributed by atoms with Crippen LogP contribution in [0.4, 0.5) is 9.18 Å². The van der Waals surface area contributed by atoms with Crippen molar-refractivity contribution in [3.05, 3.63) is 95.6 Å². The van der Waals surface area contributed by atoms with Gasteiger partial charge in [0.2, 0.25) is 0 Å². The van der Waals surface area contributed by atoms with Crippen LogP contribution in [0, 0.1) is 5.82 Å². The molecule has 0 spiro atoms. The summed E-state index contributed by atoms with van der Waals surface area (Å²) in [6, 6.07) is 20.0. The predicted octanol–water partition coefficient (Wildman–Crippen LogP) is 6.18. The lowest BCUT2D eigenvalue weighted by atomic mass is 9.84. The van der Waals surface area contributed by atoms with Crippen LogP contribution in [0.2, 0.25) is 0 Å². The van der Waals surface area contributed by atoms with Gasteiger partial charge in [-0.25, -0.2) is 9.18 Å². The summed E-state index contributed by atoms with van der Waals surface area (Å²) in [5, 5.41) is 0. The van der Waals surface area contributed by atoms with E-state index in [0.717, 1.165) is 37.0 Å². The van der Waals surface area contributed by atoms with Crippen LogP contribution in [0.1, 0.15) is 48.4 Å². The van der Waals surface area contributed by atoms with E-state index in [0.29, 0.717) is 6.61 Å². The normalized spacial score (nSPS) is 21.2. The molecule has 2 aliphatic heterocycles. The van der Waals surface area contributed by atoms with E-state index in [1.807, 2.05) is 17.0 Å². The molecule has 2 atom stereocenters. The SMILES string of the molecule is O=C(OCC1c2ccccc2-c2ccccc21)N1C2C=C(c3ccc(F)cn3)CC1CCC2. The number of hydrogen-bond donors (Lipinski definition) is 0. The Kier molecular flexibility index (Phi) is 4.97. The molecule has 3 heterocycles. The molecule has 0 N–H and O–H groups in total. The number of fused-ring (bicyclic) bond motifs is 5. The molecule has 1 aromatic heterocycles. The molecular weight excluding hydrogens is 415 g/mol. The number of carbonyl (C=O) groups is 1. The van der Waals surface area contributed by atoms with E-state index in [2.05, 4.69) is 47.5 Å². The van der Waals surface area contributed by atoms with Gasteiger partial charge in [-0.2, -0.15) is 0 Å². The monoisotopic (exact) mass is 440 g/mol. The summed E-state index contributed by atoms with van der Waals surface area (Å²) in [6.07, 6.45) is 6.79. The number of piperidine rings is 1. The molecule has 1 aliphatic carbocycles. The Hall–Kier alpha value is -3.47. The maximum atomic E-state index is 13.3. The highest BCUT2D eigenvalue weighted by atomic mass is 19.1. The molecule has 3 aliphatic rings. The van der Waals surface area contributed by atoms with Gasteiger partial charge in [-0.3, -0.25) is 9.88 Å². The minimum atomic E-state index is -0.337. The zero-order valence-electron chi connectivity index (χ0n) is 18.3. The predicted molar refractivity (Wildman–Crippen MR) is 125 cm³/mol. The molecule has 3 aromatic rings. The highest BCUT2D eigenvalue weighted by Crippen LogP contribution is 2.45. The number of pyridine rings is 1. The van der Waals surface area contributed by atoms with Gasteiger partial charge in [0.05, 0.1) is 17.9 Å². The summed E-state index contributed by atoms with van der Waals surface area (Å²) < 4.78 is 19.3. The number of hydrogen-bond acceptors (Lipinski definition) is 3. The number of amides is 1. The topological polar surface area (TPSA) is 42.4 Å². The molecule has 2 aromatic carbocycles. The van der Waals surface area contributed by atoms with Gasteiger partial charge in [0, 0.05) is 12.0 Å². The van der Waals surface area contributed by atoms with Crippen molar-refractivity contribution in [1.82, 2.24) is 9.88 Å². The summed E-state index contributed by atoms with van der Waals surface area (Å²) in [5.74, 6) is -0.281. The van der Waals surface area contributed by atoms with Gasteiger partial charge in [-0.1, -0.05) is 54.6 Å². The van der Waals surface area contributed by atoms with Crippen LogP contribution in [-0.4, -0.2) is 34.7 Å². The third-order valence-electron chi connectivity index (χ3n) is 7.24. The molecule has 6 rings (SSSR count). The van der Waals surface area contributed by atoms with Crippen molar-refractivity contribution in [2.45, 2.75) is 43.7 Å². The molecule has 0 radical (unpaired) electrons. The number of halogens is 1. The number of nitrogens with zero attached hydrogens (tertiary/aromatic N) is 2. The molecule has 1 amide bonds. The summed E-state index contributed by atoms with van der Waals surface area (Å²) in [4.78, 5) is 19.5. The van der Waals surface area contributed by atoms with Crippen molar-refractivity contribution < 1.29 is 13.9 Å². The van der Waals surface area contributed by atoms with Gasteiger partial charge < -0.3 is 4.74 Å². The number of benzene rings is 2. The Morgan fingerprint density at radius 1 is 1.00 bits per heavy atom. The van der Waals surface area contributed by atoms with Crippen molar-refractivity contribution in [1.29, 1.82) is 0 Å². The average Bonchev–Trinajstić information content (AvgIpc) is 3.16. The Bertz CT molecular complexity index is 1190. The average molecular weight is 441 g/mol. The molecule has 1 saturated heterocycles. The first-order chi connectivity index (χ1) is 16.2. The summed E-state index contributed by atoms with van der Waals surface area (Å²) in [6.45, 7) is 0.332. The summed E-state index contributed by atoms with van der Waals surface area (Å²) in [5.41, 5.74) is 6.77. The lowest BCUT2D eigenvalue weighted by molar-refractivity contribution is 0.0538. The number of rotatable bonds is 3. The van der Waals surface area contributed by atoms with Crippen molar-refractivity contribution in [3.63, 3.8) is 0 Å². The van der Waals surface area contributed by atoms with Crippen LogP contribution in [0.25, 0.3) is 16.7 Å². The molecular formula is C28H25FN2O2. The zero-order chi connectivity index (χ0) is 22.4. The zero-order valence-corrected chi connectivity index (χ0v) is 18.3. The molecule has 2 unspecified atom stereocenters. The fourth-order valence-electron chi connectivity index (χ4n) is 5.74. The van der Waals surface area contributed by atoms with Crippen molar-refractivity contribution in [3.8, 4) is 11.1 Å². The van der Waals surface area contributed by atoms with Crippen LogP contribution in [0.5, 0.6) is 0 Å². The van der Waals surface area contributed by atoms with Gasteiger partial charge in [-0.15, -0.1) is 0 Å². The number of aromatic nitrogens is 1. The van der Waals surface area contributed by atoms with Gasteiger partial charge in [0.1, 0.15) is 12.4 Å². The van der Waals surface area contributed by atoms with Gasteiger partial charge in [0.25, 0.3) is 0 Å². The van der Waals surface area contributed by atoms with E-state index in [-0.39, 0.29) is 29.9 Å². The van der Waals surface area contributed by atoms with Crippen molar-refractivity contribution in [2.75, 3.05) is 6.61 Å². The first-order valence-electron chi connectivity index (χ1n) is 11.6. The second kappa shape index (κ2) is 8.14. The van der Waals surface area contributed by atoms with Crippen molar-refractivity contribution >= 4 is 11.7 Å². The first-order valence-corrected chi connectivity index (χ1v) is 11.6. The molecule has 166 valence electrons. The fourth-order valence-corrected chi connectivity index (χ4v) is 5.74. The van der Waals surface area contributed by atoms with Crippen LogP contribution >= 0.6 is 0 Å². The summed E-state index contributed by atoms with van der Waals surface area (Å²) in [7, 11) is 0. The van der Waals surface area contributed by atoms with E-state index < -0.39 is 0 Å². The lowest BCUT2D eigenvalue weighted by Crippen LogP contribution is -2.52. The third kappa shape index (κ3) is 3.52. The lowest BCUT2D eigenvalue weighted by Gasteiger charge is -2.44. The second-order valence-electron chi connectivity index (χ2n) is 9.12. The largest absolute Gasteiger partial charge is 0.448 e. The van der Waals surface area contributed by atoms with Gasteiger partial charge >= 0.3 is 6.09 Å². The molecule has 2 bridgehead atoms. The van der Waals surface area contributed by atoms with E-state index in [9.17, 15) is 9.18 Å². The molecule has 33 heavy (non-hydrogen) atoms. The maximum absolute atomic E-state index is 13.3. The van der Waals surface area contributed by atoms with Gasteiger partial charge in [0.15, 0.2) is 0 Å². The third-order valence-corrected chi connectivity index (χ3v) is 7.24. The van der Waals surface area contributed by atoms with E-state index in [1.165, 1.54) is 34.5 Å². The van der Waals surface area contributed by atoms with Gasteiger partial charge in [-0.05, 0) is 65.6 Å². The molecule has 1 fully saturated rings. The minimum Gasteiger partial charge on any atom is -0.448 e. The second-order valence-corrected chi connectivity index (χ2v) is 9.12. The van der Waals surface area contributed by atoms with Crippen molar-refractivity contribution in [2.24, 2.45) is 0 Å². The quantitative estimate of drug-likeness (QED) is 0.488. The Morgan fingerprint density at radius 2 is 1.73 bits per heavy atom.